The molecule has 0 aromatic heterocycles. The smallest absolute Gasteiger partial charge is 0.231 e. The van der Waals surface area contributed by atoms with Crippen LogP contribution in [0.5, 0.6) is 11.5 Å². The maximum atomic E-state index is 9.14. The number of benzene rings is 1. The molecule has 3 nitrogen and oxygen atoms in total. The molecule has 0 radical (unpaired) electrons. The van der Waals surface area contributed by atoms with Crippen LogP contribution in [0, 0.1) is 0 Å². The average molecular weight is 222 g/mol. The average Bonchev–Trinajstić information content (AvgIpc) is 2.71. The Kier molecular flexibility index (Phi) is 3.67. The molecule has 1 atom stereocenters. The van der Waals surface area contributed by atoms with E-state index in [4.69, 9.17) is 14.6 Å². The Balaban J connectivity index is 1.81. The molecule has 0 saturated heterocycles. The number of fused-ring (bicyclic) bond motifs is 1. The van der Waals surface area contributed by atoms with E-state index in [0.29, 0.717) is 6.79 Å². The summed E-state index contributed by atoms with van der Waals surface area (Å²) in [5.74, 6) is 1.70. The van der Waals surface area contributed by atoms with Gasteiger partial charge in [0.25, 0.3) is 0 Å². The molecule has 1 aliphatic heterocycles. The highest BCUT2D eigenvalue weighted by atomic mass is 16.7. The zero-order valence-electron chi connectivity index (χ0n) is 9.61. The zero-order chi connectivity index (χ0) is 11.4. The van der Waals surface area contributed by atoms with Crippen molar-refractivity contribution in [2.24, 2.45) is 0 Å². The molecule has 1 N–H and O–H groups in total. The van der Waals surface area contributed by atoms with Crippen LogP contribution < -0.4 is 9.47 Å². The lowest BCUT2D eigenvalue weighted by Gasteiger charge is -2.05. The quantitative estimate of drug-likeness (QED) is 0.778. The van der Waals surface area contributed by atoms with Gasteiger partial charge in [0.1, 0.15) is 0 Å². The van der Waals surface area contributed by atoms with E-state index in [-0.39, 0.29) is 6.10 Å². The third-order valence-corrected chi connectivity index (χ3v) is 2.77. The standard InChI is InChI=1S/C13H18O3/c1-10(14)4-2-3-5-11-6-7-12-13(8-11)16-9-15-12/h6-8,10,14H,2-5,9H2,1H3/t10-/m0/s1. The molecule has 0 fully saturated rings. The van der Waals surface area contributed by atoms with Crippen molar-refractivity contribution in [3.63, 3.8) is 0 Å². The van der Waals surface area contributed by atoms with Crippen LogP contribution in [-0.2, 0) is 6.42 Å². The summed E-state index contributed by atoms with van der Waals surface area (Å²) in [5, 5.41) is 9.14. The van der Waals surface area contributed by atoms with E-state index in [9.17, 15) is 0 Å². The van der Waals surface area contributed by atoms with Crippen molar-refractivity contribution in [3.05, 3.63) is 23.8 Å². The van der Waals surface area contributed by atoms with E-state index in [1.807, 2.05) is 19.1 Å². The van der Waals surface area contributed by atoms with Crippen molar-refractivity contribution >= 4 is 0 Å². The first-order valence-corrected chi connectivity index (χ1v) is 5.82. The predicted molar refractivity (Wildman–Crippen MR) is 61.8 cm³/mol. The number of ether oxygens (including phenoxy) is 2. The lowest BCUT2D eigenvalue weighted by molar-refractivity contribution is 0.174. The molecule has 0 unspecified atom stereocenters. The Morgan fingerprint density at radius 1 is 1.25 bits per heavy atom. The van der Waals surface area contributed by atoms with Crippen molar-refractivity contribution in [1.29, 1.82) is 0 Å². The van der Waals surface area contributed by atoms with E-state index in [0.717, 1.165) is 37.2 Å². The second-order valence-corrected chi connectivity index (χ2v) is 4.28. The summed E-state index contributed by atoms with van der Waals surface area (Å²) in [5.41, 5.74) is 1.27. The van der Waals surface area contributed by atoms with Gasteiger partial charge in [-0.15, -0.1) is 0 Å². The normalized spacial score (nSPS) is 15.1. The largest absolute Gasteiger partial charge is 0.454 e. The first-order chi connectivity index (χ1) is 7.75. The van der Waals surface area contributed by atoms with Gasteiger partial charge in [-0.25, -0.2) is 0 Å². The number of hydrogen-bond acceptors (Lipinski definition) is 3. The number of aliphatic hydroxyl groups is 1. The van der Waals surface area contributed by atoms with Gasteiger partial charge in [0, 0.05) is 0 Å². The first-order valence-electron chi connectivity index (χ1n) is 5.82. The molecule has 1 aromatic carbocycles. The molecule has 0 spiro atoms. The van der Waals surface area contributed by atoms with Gasteiger partial charge in [0.2, 0.25) is 6.79 Å². The fourth-order valence-electron chi connectivity index (χ4n) is 1.87. The first kappa shape index (κ1) is 11.3. The second kappa shape index (κ2) is 5.21. The van der Waals surface area contributed by atoms with Gasteiger partial charge in [0.15, 0.2) is 11.5 Å². The van der Waals surface area contributed by atoms with Crippen molar-refractivity contribution < 1.29 is 14.6 Å². The maximum absolute atomic E-state index is 9.14. The van der Waals surface area contributed by atoms with Crippen LogP contribution in [0.4, 0.5) is 0 Å². The molecular formula is C13H18O3. The van der Waals surface area contributed by atoms with E-state index in [1.54, 1.807) is 0 Å². The van der Waals surface area contributed by atoms with Crippen LogP contribution in [0.25, 0.3) is 0 Å². The Hall–Kier alpha value is -1.22. The van der Waals surface area contributed by atoms with Crippen LogP contribution in [0.3, 0.4) is 0 Å². The van der Waals surface area contributed by atoms with Gasteiger partial charge in [-0.3, -0.25) is 0 Å². The summed E-state index contributed by atoms with van der Waals surface area (Å²) in [6.07, 6.45) is 3.89. The molecule has 88 valence electrons. The number of hydrogen-bond donors (Lipinski definition) is 1. The van der Waals surface area contributed by atoms with E-state index >= 15 is 0 Å². The minimum absolute atomic E-state index is 0.184. The highest BCUT2D eigenvalue weighted by Crippen LogP contribution is 2.32. The molecule has 0 bridgehead atoms. The molecule has 0 aliphatic carbocycles. The Morgan fingerprint density at radius 3 is 2.88 bits per heavy atom. The van der Waals surface area contributed by atoms with Crippen LogP contribution in [0.2, 0.25) is 0 Å². The van der Waals surface area contributed by atoms with Gasteiger partial charge in [-0.05, 0) is 43.9 Å². The summed E-state index contributed by atoms with van der Waals surface area (Å²) in [4.78, 5) is 0. The fraction of sp³-hybridized carbons (Fsp3) is 0.538. The summed E-state index contributed by atoms with van der Waals surface area (Å²) in [7, 11) is 0. The Labute approximate surface area is 96.0 Å². The lowest BCUT2D eigenvalue weighted by Crippen LogP contribution is -1.98. The number of aliphatic hydroxyl groups excluding tert-OH is 1. The molecule has 2 rings (SSSR count). The molecule has 1 aliphatic rings. The van der Waals surface area contributed by atoms with Crippen LogP contribution >= 0.6 is 0 Å². The van der Waals surface area contributed by atoms with Crippen molar-refractivity contribution in [1.82, 2.24) is 0 Å². The predicted octanol–water partition coefficient (Wildman–Crippen LogP) is 2.51. The van der Waals surface area contributed by atoms with E-state index < -0.39 is 0 Å². The highest BCUT2D eigenvalue weighted by Gasteiger charge is 2.12. The lowest BCUT2D eigenvalue weighted by atomic mass is 10.1. The van der Waals surface area contributed by atoms with Crippen molar-refractivity contribution in [2.75, 3.05) is 6.79 Å². The number of rotatable bonds is 5. The third-order valence-electron chi connectivity index (χ3n) is 2.77. The molecule has 0 saturated carbocycles. The van der Waals surface area contributed by atoms with Gasteiger partial charge in [0.05, 0.1) is 6.10 Å². The Bertz CT molecular complexity index is 347. The van der Waals surface area contributed by atoms with E-state index in [2.05, 4.69) is 6.07 Å². The number of unbranched alkanes of at least 4 members (excludes halogenated alkanes) is 1. The van der Waals surface area contributed by atoms with Gasteiger partial charge >= 0.3 is 0 Å². The van der Waals surface area contributed by atoms with E-state index in [1.165, 1.54) is 5.56 Å². The molecule has 16 heavy (non-hydrogen) atoms. The molecule has 3 heteroatoms. The minimum Gasteiger partial charge on any atom is -0.454 e. The monoisotopic (exact) mass is 222 g/mol. The van der Waals surface area contributed by atoms with Crippen molar-refractivity contribution in [3.8, 4) is 11.5 Å². The van der Waals surface area contributed by atoms with Crippen LogP contribution in [0.15, 0.2) is 18.2 Å². The summed E-state index contributed by atoms with van der Waals surface area (Å²) in [6, 6.07) is 6.09. The number of aryl methyl sites for hydroxylation is 1. The Morgan fingerprint density at radius 2 is 2.06 bits per heavy atom. The molecule has 0 amide bonds. The topological polar surface area (TPSA) is 38.7 Å². The zero-order valence-corrected chi connectivity index (χ0v) is 9.61. The van der Waals surface area contributed by atoms with Crippen molar-refractivity contribution in [2.45, 2.75) is 38.7 Å². The maximum Gasteiger partial charge on any atom is 0.231 e. The van der Waals surface area contributed by atoms with Crippen LogP contribution in [0.1, 0.15) is 31.7 Å². The SMILES string of the molecule is C[C@H](O)CCCCc1ccc2c(c1)OCO2. The van der Waals surface area contributed by atoms with Gasteiger partial charge < -0.3 is 14.6 Å². The molecule has 1 aromatic rings. The van der Waals surface area contributed by atoms with Gasteiger partial charge in [-0.1, -0.05) is 12.5 Å². The second-order valence-electron chi connectivity index (χ2n) is 4.28. The van der Waals surface area contributed by atoms with Gasteiger partial charge in [-0.2, -0.15) is 0 Å². The minimum atomic E-state index is -0.184. The summed E-state index contributed by atoms with van der Waals surface area (Å²) in [6.45, 7) is 2.17. The highest BCUT2D eigenvalue weighted by molar-refractivity contribution is 5.44. The summed E-state index contributed by atoms with van der Waals surface area (Å²) >= 11 is 0. The summed E-state index contributed by atoms with van der Waals surface area (Å²) < 4.78 is 10.6. The fourth-order valence-corrected chi connectivity index (χ4v) is 1.87. The van der Waals surface area contributed by atoms with Crippen LogP contribution in [-0.4, -0.2) is 18.0 Å². The molecule has 1 heterocycles. The third kappa shape index (κ3) is 2.89. The molecular weight excluding hydrogens is 204 g/mol.